The number of hydrogen-bond acceptors (Lipinski definition) is 5. The molecule has 9 heteroatoms. The smallest absolute Gasteiger partial charge is 0.243 e. The summed E-state index contributed by atoms with van der Waals surface area (Å²) in [5.74, 6) is -0.976. The first-order chi connectivity index (χ1) is 12.3. The molecule has 0 aromatic heterocycles. The maximum atomic E-state index is 13.5. The van der Waals surface area contributed by atoms with E-state index < -0.39 is 27.8 Å². The van der Waals surface area contributed by atoms with Crippen molar-refractivity contribution in [2.24, 2.45) is 0 Å². The van der Waals surface area contributed by atoms with Crippen LogP contribution in [0.15, 0.2) is 24.3 Å². The Morgan fingerprint density at radius 3 is 2.69 bits per heavy atom. The van der Waals surface area contributed by atoms with Crippen LogP contribution in [0.3, 0.4) is 0 Å². The van der Waals surface area contributed by atoms with Crippen LogP contribution >= 0.6 is 0 Å². The molecular weight excluding hydrogens is 361 g/mol. The van der Waals surface area contributed by atoms with Gasteiger partial charge in [0, 0.05) is 19.6 Å². The molecule has 146 valence electrons. The summed E-state index contributed by atoms with van der Waals surface area (Å²) in [5.41, 5.74) is 0.128. The molecule has 1 atom stereocenters. The van der Waals surface area contributed by atoms with Gasteiger partial charge in [-0.1, -0.05) is 6.07 Å². The summed E-state index contributed by atoms with van der Waals surface area (Å²) >= 11 is 0. The van der Waals surface area contributed by atoms with Gasteiger partial charge < -0.3 is 10.1 Å². The SMILES string of the molecule is CC(C(=O)NCCCN1CCOCC1)N(c1cccc(F)c1)S(C)(=O)=O. The van der Waals surface area contributed by atoms with Crippen molar-refractivity contribution >= 4 is 21.6 Å². The number of halogens is 1. The van der Waals surface area contributed by atoms with E-state index in [1.807, 2.05) is 0 Å². The fourth-order valence-electron chi connectivity index (χ4n) is 2.91. The van der Waals surface area contributed by atoms with E-state index in [2.05, 4.69) is 10.2 Å². The Bertz CT molecular complexity index is 708. The van der Waals surface area contributed by atoms with Crippen molar-refractivity contribution in [3.63, 3.8) is 0 Å². The van der Waals surface area contributed by atoms with Crippen molar-refractivity contribution in [2.45, 2.75) is 19.4 Å². The molecule has 1 aliphatic rings. The molecule has 1 unspecified atom stereocenters. The molecule has 1 aromatic carbocycles. The zero-order chi connectivity index (χ0) is 19.2. The summed E-state index contributed by atoms with van der Waals surface area (Å²) in [7, 11) is -3.74. The van der Waals surface area contributed by atoms with Crippen LogP contribution in [0.2, 0.25) is 0 Å². The molecule has 1 N–H and O–H groups in total. The number of ether oxygens (including phenoxy) is 1. The molecule has 1 saturated heterocycles. The van der Waals surface area contributed by atoms with Crippen molar-refractivity contribution in [1.29, 1.82) is 0 Å². The van der Waals surface area contributed by atoms with Gasteiger partial charge in [0.15, 0.2) is 0 Å². The van der Waals surface area contributed by atoms with E-state index in [0.717, 1.165) is 55.9 Å². The number of carbonyl (C=O) groups excluding carboxylic acids is 1. The lowest BCUT2D eigenvalue weighted by Crippen LogP contribution is -2.48. The van der Waals surface area contributed by atoms with E-state index in [1.165, 1.54) is 25.1 Å². The van der Waals surface area contributed by atoms with Gasteiger partial charge in [0.1, 0.15) is 11.9 Å². The predicted molar refractivity (Wildman–Crippen MR) is 98.1 cm³/mol. The third-order valence-electron chi connectivity index (χ3n) is 4.21. The van der Waals surface area contributed by atoms with E-state index in [0.29, 0.717) is 6.54 Å². The second-order valence-electron chi connectivity index (χ2n) is 6.31. The van der Waals surface area contributed by atoms with Crippen molar-refractivity contribution < 1.29 is 22.3 Å². The van der Waals surface area contributed by atoms with Gasteiger partial charge in [0.05, 0.1) is 25.2 Å². The fraction of sp³-hybridized carbons (Fsp3) is 0.588. The number of carbonyl (C=O) groups is 1. The van der Waals surface area contributed by atoms with Crippen LogP contribution in [-0.4, -0.2) is 70.9 Å². The van der Waals surface area contributed by atoms with E-state index >= 15 is 0 Å². The maximum absolute atomic E-state index is 13.5. The molecule has 7 nitrogen and oxygen atoms in total. The molecule has 2 rings (SSSR count). The first-order valence-electron chi connectivity index (χ1n) is 8.62. The average molecular weight is 387 g/mol. The average Bonchev–Trinajstić information content (AvgIpc) is 2.58. The van der Waals surface area contributed by atoms with E-state index in [9.17, 15) is 17.6 Å². The number of nitrogens with one attached hydrogen (secondary N) is 1. The summed E-state index contributed by atoms with van der Waals surface area (Å²) in [6, 6.07) is 4.22. The Balaban J connectivity index is 1.92. The number of benzene rings is 1. The number of hydrogen-bond donors (Lipinski definition) is 1. The van der Waals surface area contributed by atoms with Gasteiger partial charge in [-0.05, 0) is 38.1 Å². The van der Waals surface area contributed by atoms with Gasteiger partial charge in [0.2, 0.25) is 15.9 Å². The topological polar surface area (TPSA) is 79.0 Å². The third-order valence-corrected chi connectivity index (χ3v) is 5.45. The minimum absolute atomic E-state index is 0.128. The molecule has 1 heterocycles. The van der Waals surface area contributed by atoms with E-state index in [-0.39, 0.29) is 5.69 Å². The van der Waals surface area contributed by atoms with Crippen molar-refractivity contribution in [3.8, 4) is 0 Å². The van der Waals surface area contributed by atoms with Gasteiger partial charge in [0.25, 0.3) is 0 Å². The number of sulfonamides is 1. The van der Waals surface area contributed by atoms with Crippen LogP contribution in [0, 0.1) is 5.82 Å². The number of anilines is 1. The van der Waals surface area contributed by atoms with Gasteiger partial charge in [-0.15, -0.1) is 0 Å². The molecule has 1 fully saturated rings. The summed E-state index contributed by atoms with van der Waals surface area (Å²) in [4.78, 5) is 14.7. The molecule has 0 aliphatic carbocycles. The quantitative estimate of drug-likeness (QED) is 0.668. The molecule has 1 amide bonds. The van der Waals surface area contributed by atoms with Crippen LogP contribution in [0.5, 0.6) is 0 Å². The van der Waals surface area contributed by atoms with Crippen LogP contribution in [0.4, 0.5) is 10.1 Å². The maximum Gasteiger partial charge on any atom is 0.243 e. The lowest BCUT2D eigenvalue weighted by Gasteiger charge is -2.29. The molecule has 1 aromatic rings. The highest BCUT2D eigenvalue weighted by Gasteiger charge is 2.29. The predicted octanol–water partition coefficient (Wildman–Crippen LogP) is 0.819. The number of nitrogens with zero attached hydrogens (tertiary/aromatic N) is 2. The molecule has 1 aliphatic heterocycles. The monoisotopic (exact) mass is 387 g/mol. The number of morpholine rings is 1. The van der Waals surface area contributed by atoms with Gasteiger partial charge >= 0.3 is 0 Å². The zero-order valence-electron chi connectivity index (χ0n) is 15.2. The highest BCUT2D eigenvalue weighted by molar-refractivity contribution is 7.92. The largest absolute Gasteiger partial charge is 0.379 e. The Morgan fingerprint density at radius 2 is 2.08 bits per heavy atom. The van der Waals surface area contributed by atoms with E-state index in [1.54, 1.807) is 0 Å². The van der Waals surface area contributed by atoms with E-state index in [4.69, 9.17) is 4.74 Å². The lowest BCUT2D eigenvalue weighted by atomic mass is 10.2. The van der Waals surface area contributed by atoms with Crippen LogP contribution in [0.25, 0.3) is 0 Å². The molecular formula is C17H26FN3O4S. The van der Waals surface area contributed by atoms with Gasteiger partial charge in [-0.25, -0.2) is 12.8 Å². The first-order valence-corrected chi connectivity index (χ1v) is 10.5. The Labute approximate surface area is 154 Å². The van der Waals surface area contributed by atoms with Gasteiger partial charge in [-0.2, -0.15) is 0 Å². The number of rotatable bonds is 8. The lowest BCUT2D eigenvalue weighted by molar-refractivity contribution is -0.121. The third kappa shape index (κ3) is 5.93. The Hall–Kier alpha value is -1.71. The van der Waals surface area contributed by atoms with Crippen molar-refractivity contribution in [3.05, 3.63) is 30.1 Å². The first kappa shape index (κ1) is 20.6. The molecule has 0 bridgehead atoms. The van der Waals surface area contributed by atoms with Crippen molar-refractivity contribution in [2.75, 3.05) is 50.0 Å². The normalized spacial score (nSPS) is 16.9. The van der Waals surface area contributed by atoms with Crippen LogP contribution in [0.1, 0.15) is 13.3 Å². The molecule has 0 spiro atoms. The summed E-state index contributed by atoms with van der Waals surface area (Å²) < 4.78 is 44.0. The highest BCUT2D eigenvalue weighted by Crippen LogP contribution is 2.21. The van der Waals surface area contributed by atoms with Crippen LogP contribution in [-0.2, 0) is 19.6 Å². The van der Waals surface area contributed by atoms with Crippen molar-refractivity contribution in [1.82, 2.24) is 10.2 Å². The fourth-order valence-corrected chi connectivity index (χ4v) is 4.08. The summed E-state index contributed by atoms with van der Waals surface area (Å²) in [6.07, 6.45) is 1.76. The summed E-state index contributed by atoms with van der Waals surface area (Å²) in [6.45, 7) is 5.99. The highest BCUT2D eigenvalue weighted by atomic mass is 32.2. The van der Waals surface area contributed by atoms with Gasteiger partial charge in [-0.3, -0.25) is 14.0 Å². The number of amides is 1. The second kappa shape index (κ2) is 9.29. The van der Waals surface area contributed by atoms with Crippen LogP contribution < -0.4 is 9.62 Å². The second-order valence-corrected chi connectivity index (χ2v) is 8.17. The zero-order valence-corrected chi connectivity index (χ0v) is 16.0. The molecule has 0 saturated carbocycles. The minimum atomic E-state index is -3.74. The molecule has 0 radical (unpaired) electrons. The Morgan fingerprint density at radius 1 is 1.38 bits per heavy atom. The minimum Gasteiger partial charge on any atom is -0.379 e. The molecule has 26 heavy (non-hydrogen) atoms. The summed E-state index contributed by atoms with van der Waals surface area (Å²) in [5, 5.41) is 2.76. The Kier molecular flexibility index (Phi) is 7.36. The standard InChI is InChI=1S/C17H26FN3O4S/c1-14(17(22)19-7-4-8-20-9-11-25-12-10-20)21(26(2,23)24)16-6-3-5-15(18)13-16/h3,5-6,13-14H,4,7-12H2,1-2H3,(H,19,22).